The van der Waals surface area contributed by atoms with Gasteiger partial charge in [-0.1, -0.05) is 23.8 Å². The Hall–Kier alpha value is -1.61. The number of carbonyl (C=O) groups excluding carboxylic acids is 1. The molecule has 0 bridgehead atoms. The van der Waals surface area contributed by atoms with Gasteiger partial charge in [0, 0.05) is 24.8 Å². The zero-order valence-corrected chi connectivity index (χ0v) is 9.65. The van der Waals surface area contributed by atoms with Gasteiger partial charge in [-0.3, -0.25) is 4.79 Å². The summed E-state index contributed by atoms with van der Waals surface area (Å²) in [5.74, 6) is -0.107. The molecular formula is C12H13ClN2O. The first-order valence-corrected chi connectivity index (χ1v) is 5.19. The van der Waals surface area contributed by atoms with E-state index < -0.39 is 0 Å². The molecule has 16 heavy (non-hydrogen) atoms. The van der Waals surface area contributed by atoms with Gasteiger partial charge in [0.2, 0.25) is 0 Å². The van der Waals surface area contributed by atoms with Crippen LogP contribution in [-0.4, -0.2) is 28.9 Å². The third-order valence-corrected chi connectivity index (χ3v) is 2.17. The molecule has 0 atom stereocenters. The largest absolute Gasteiger partial charge is 0.331 e. The van der Waals surface area contributed by atoms with Crippen LogP contribution in [0.3, 0.4) is 0 Å². The first kappa shape index (κ1) is 12.5. The molecule has 4 heteroatoms. The molecule has 1 aromatic heterocycles. The fourth-order valence-electron chi connectivity index (χ4n) is 1.27. The Morgan fingerprint density at radius 1 is 1.44 bits per heavy atom. The Morgan fingerprint density at radius 3 is 2.56 bits per heavy atom. The summed E-state index contributed by atoms with van der Waals surface area (Å²) in [7, 11) is 0. The van der Waals surface area contributed by atoms with E-state index in [1.54, 1.807) is 29.2 Å². The second kappa shape index (κ2) is 6.08. The first-order chi connectivity index (χ1) is 7.69. The number of hydrogen-bond donors (Lipinski definition) is 0. The summed E-state index contributed by atoms with van der Waals surface area (Å²) in [5, 5.41) is 0.308. The van der Waals surface area contributed by atoms with Crippen LogP contribution in [0.5, 0.6) is 0 Å². The fourth-order valence-corrected chi connectivity index (χ4v) is 1.44. The van der Waals surface area contributed by atoms with Crippen LogP contribution < -0.4 is 0 Å². The minimum Gasteiger partial charge on any atom is -0.331 e. The minimum absolute atomic E-state index is 0.107. The van der Waals surface area contributed by atoms with Crippen molar-refractivity contribution < 1.29 is 4.79 Å². The molecular weight excluding hydrogens is 224 g/mol. The average Bonchev–Trinajstić information content (AvgIpc) is 2.28. The number of halogens is 1. The zero-order valence-electron chi connectivity index (χ0n) is 8.90. The highest BCUT2D eigenvalue weighted by atomic mass is 35.5. The Balaban J connectivity index is 2.89. The molecule has 0 spiro atoms. The molecule has 0 saturated heterocycles. The fraction of sp³-hybridized carbons (Fsp3) is 0.167. The van der Waals surface area contributed by atoms with E-state index in [9.17, 15) is 4.79 Å². The smallest absolute Gasteiger partial charge is 0.254 e. The van der Waals surface area contributed by atoms with E-state index in [0.29, 0.717) is 23.8 Å². The standard InChI is InChI=1S/C12H13ClN2O/c1-3-7-15(8-4-2)12(16)10-5-6-14-11(13)9-10/h3-6,9H,1-2,7-8H2. The summed E-state index contributed by atoms with van der Waals surface area (Å²) in [4.78, 5) is 17.5. The van der Waals surface area contributed by atoms with Gasteiger partial charge >= 0.3 is 0 Å². The van der Waals surface area contributed by atoms with Crippen molar-refractivity contribution in [2.45, 2.75) is 0 Å². The number of pyridine rings is 1. The van der Waals surface area contributed by atoms with Crippen LogP contribution >= 0.6 is 11.6 Å². The van der Waals surface area contributed by atoms with E-state index in [1.165, 1.54) is 6.20 Å². The normalized spacial score (nSPS) is 9.56. The van der Waals surface area contributed by atoms with Gasteiger partial charge in [0.25, 0.3) is 5.91 Å². The summed E-state index contributed by atoms with van der Waals surface area (Å²) in [6, 6.07) is 3.18. The predicted molar refractivity (Wildman–Crippen MR) is 65.5 cm³/mol. The molecule has 0 aliphatic rings. The van der Waals surface area contributed by atoms with Crippen molar-refractivity contribution in [1.29, 1.82) is 0 Å². The lowest BCUT2D eigenvalue weighted by atomic mass is 10.2. The Labute approximate surface area is 100 Å². The topological polar surface area (TPSA) is 33.2 Å². The van der Waals surface area contributed by atoms with Gasteiger partial charge in [0.05, 0.1) is 0 Å². The van der Waals surface area contributed by atoms with Crippen molar-refractivity contribution in [1.82, 2.24) is 9.88 Å². The maximum atomic E-state index is 12.0. The van der Waals surface area contributed by atoms with E-state index in [0.717, 1.165) is 0 Å². The quantitative estimate of drug-likeness (QED) is 0.582. The van der Waals surface area contributed by atoms with Crippen molar-refractivity contribution >= 4 is 17.5 Å². The second-order valence-corrected chi connectivity index (χ2v) is 3.54. The average molecular weight is 237 g/mol. The van der Waals surface area contributed by atoms with Crippen LogP contribution in [0.15, 0.2) is 43.6 Å². The molecule has 0 radical (unpaired) electrons. The molecule has 0 N–H and O–H groups in total. The highest BCUT2D eigenvalue weighted by Gasteiger charge is 2.13. The molecule has 0 unspecified atom stereocenters. The van der Waals surface area contributed by atoms with E-state index in [1.807, 2.05) is 0 Å². The highest BCUT2D eigenvalue weighted by molar-refractivity contribution is 6.29. The number of amides is 1. The van der Waals surface area contributed by atoms with Crippen molar-refractivity contribution in [3.8, 4) is 0 Å². The van der Waals surface area contributed by atoms with Crippen molar-refractivity contribution in [2.24, 2.45) is 0 Å². The first-order valence-electron chi connectivity index (χ1n) is 4.81. The number of carbonyl (C=O) groups is 1. The maximum Gasteiger partial charge on any atom is 0.254 e. The predicted octanol–water partition coefficient (Wildman–Crippen LogP) is 2.55. The van der Waals surface area contributed by atoms with Gasteiger partial charge in [0.15, 0.2) is 0 Å². The third kappa shape index (κ3) is 3.21. The van der Waals surface area contributed by atoms with Gasteiger partial charge in [-0.25, -0.2) is 4.98 Å². The lowest BCUT2D eigenvalue weighted by Crippen LogP contribution is -2.31. The van der Waals surface area contributed by atoms with Gasteiger partial charge < -0.3 is 4.90 Å². The van der Waals surface area contributed by atoms with Crippen LogP contribution in [-0.2, 0) is 0 Å². The Kier molecular flexibility index (Phi) is 4.73. The Bertz CT molecular complexity index is 394. The molecule has 0 fully saturated rings. The minimum atomic E-state index is -0.107. The molecule has 0 aromatic carbocycles. The van der Waals surface area contributed by atoms with Gasteiger partial charge in [-0.2, -0.15) is 0 Å². The summed E-state index contributed by atoms with van der Waals surface area (Å²) in [6.07, 6.45) is 4.85. The number of hydrogen-bond acceptors (Lipinski definition) is 2. The Morgan fingerprint density at radius 2 is 2.06 bits per heavy atom. The van der Waals surface area contributed by atoms with Crippen molar-refractivity contribution in [2.75, 3.05) is 13.1 Å². The summed E-state index contributed by atoms with van der Waals surface area (Å²) < 4.78 is 0. The van der Waals surface area contributed by atoms with Gasteiger partial charge in [0.1, 0.15) is 5.15 Å². The van der Waals surface area contributed by atoms with Crippen LogP contribution in [0.4, 0.5) is 0 Å². The monoisotopic (exact) mass is 236 g/mol. The van der Waals surface area contributed by atoms with E-state index in [-0.39, 0.29) is 5.91 Å². The molecule has 1 aromatic rings. The van der Waals surface area contributed by atoms with Crippen molar-refractivity contribution in [3.05, 3.63) is 54.4 Å². The molecule has 84 valence electrons. The highest BCUT2D eigenvalue weighted by Crippen LogP contribution is 2.10. The van der Waals surface area contributed by atoms with Crippen molar-refractivity contribution in [3.63, 3.8) is 0 Å². The summed E-state index contributed by atoms with van der Waals surface area (Å²) in [5.41, 5.74) is 0.517. The number of rotatable bonds is 5. The molecule has 1 amide bonds. The van der Waals surface area contributed by atoms with E-state index in [2.05, 4.69) is 18.1 Å². The molecule has 1 heterocycles. The summed E-state index contributed by atoms with van der Waals surface area (Å²) >= 11 is 5.73. The third-order valence-electron chi connectivity index (χ3n) is 1.96. The van der Waals surface area contributed by atoms with Gasteiger partial charge in [-0.05, 0) is 12.1 Å². The molecule has 3 nitrogen and oxygen atoms in total. The molecule has 0 aliphatic heterocycles. The zero-order chi connectivity index (χ0) is 12.0. The lowest BCUT2D eigenvalue weighted by Gasteiger charge is -2.19. The maximum absolute atomic E-state index is 12.0. The number of aromatic nitrogens is 1. The molecule has 1 rings (SSSR count). The van der Waals surface area contributed by atoms with Gasteiger partial charge in [-0.15, -0.1) is 13.2 Å². The lowest BCUT2D eigenvalue weighted by molar-refractivity contribution is 0.0790. The van der Waals surface area contributed by atoms with Crippen LogP contribution in [0.2, 0.25) is 5.15 Å². The molecule has 0 saturated carbocycles. The SMILES string of the molecule is C=CCN(CC=C)C(=O)c1ccnc(Cl)c1. The van der Waals surface area contributed by atoms with E-state index in [4.69, 9.17) is 11.6 Å². The second-order valence-electron chi connectivity index (χ2n) is 3.15. The van der Waals surface area contributed by atoms with E-state index >= 15 is 0 Å². The van der Waals surface area contributed by atoms with Crippen LogP contribution in [0.25, 0.3) is 0 Å². The van der Waals surface area contributed by atoms with Crippen LogP contribution in [0, 0.1) is 0 Å². The summed E-state index contributed by atoms with van der Waals surface area (Å²) in [6.45, 7) is 8.17. The van der Waals surface area contributed by atoms with Crippen LogP contribution in [0.1, 0.15) is 10.4 Å². The number of nitrogens with zero attached hydrogens (tertiary/aromatic N) is 2. The molecule has 0 aliphatic carbocycles.